The molecule has 2 atom stereocenters. The molecule has 14 heavy (non-hydrogen) atoms. The fraction of sp³-hybridized carbons (Fsp3) is 0.917. The number of hydrogen-bond acceptors (Lipinski definition) is 2. The summed E-state index contributed by atoms with van der Waals surface area (Å²) in [5.74, 6) is 1.53. The molecule has 1 aliphatic rings. The highest BCUT2D eigenvalue weighted by molar-refractivity contribution is 5.76. The Morgan fingerprint density at radius 2 is 1.57 bits per heavy atom. The molecule has 2 nitrogen and oxygen atoms in total. The summed E-state index contributed by atoms with van der Waals surface area (Å²) in [6.07, 6.45) is 4.74. The van der Waals surface area contributed by atoms with Crippen LogP contribution in [0.1, 0.15) is 46.5 Å². The highest BCUT2D eigenvalue weighted by Gasteiger charge is 2.53. The molecule has 0 heterocycles. The number of ether oxygens (including phenoxy) is 1. The Hall–Kier alpha value is -0.530. The van der Waals surface area contributed by atoms with Crippen LogP contribution in [0.5, 0.6) is 0 Å². The first-order valence-corrected chi connectivity index (χ1v) is 5.92. The summed E-state index contributed by atoms with van der Waals surface area (Å²) < 4.78 is 5.08. The van der Waals surface area contributed by atoms with Crippen LogP contribution in [-0.4, -0.2) is 12.6 Å². The first-order chi connectivity index (χ1) is 6.76. The second-order valence-electron chi connectivity index (χ2n) is 4.18. The Balaban J connectivity index is 2.40. The van der Waals surface area contributed by atoms with Gasteiger partial charge >= 0.3 is 5.97 Å². The van der Waals surface area contributed by atoms with Crippen LogP contribution in [0.2, 0.25) is 0 Å². The summed E-state index contributed by atoms with van der Waals surface area (Å²) in [5.41, 5.74) is 0. The van der Waals surface area contributed by atoms with E-state index >= 15 is 0 Å². The molecule has 1 rings (SSSR count). The molecule has 1 aliphatic carbocycles. The molecule has 0 radical (unpaired) electrons. The van der Waals surface area contributed by atoms with E-state index in [0.717, 1.165) is 0 Å². The number of rotatable bonds is 6. The number of hydrogen-bond donors (Lipinski definition) is 0. The van der Waals surface area contributed by atoms with Gasteiger partial charge in [-0.15, -0.1) is 0 Å². The fourth-order valence-corrected chi connectivity index (χ4v) is 2.49. The highest BCUT2D eigenvalue weighted by atomic mass is 16.5. The van der Waals surface area contributed by atoms with Gasteiger partial charge in [0.25, 0.3) is 0 Å². The van der Waals surface area contributed by atoms with Gasteiger partial charge in [0.2, 0.25) is 0 Å². The molecule has 0 N–H and O–H groups in total. The highest BCUT2D eigenvalue weighted by Crippen LogP contribution is 2.52. The van der Waals surface area contributed by atoms with Crippen molar-refractivity contribution in [3.8, 4) is 0 Å². The molecule has 0 aromatic rings. The van der Waals surface area contributed by atoms with Crippen molar-refractivity contribution in [2.24, 2.45) is 17.8 Å². The van der Waals surface area contributed by atoms with Crippen LogP contribution in [0.3, 0.4) is 0 Å². The van der Waals surface area contributed by atoms with E-state index in [4.69, 9.17) is 4.74 Å². The average Bonchev–Trinajstić information content (AvgIpc) is 2.81. The van der Waals surface area contributed by atoms with E-state index in [2.05, 4.69) is 13.8 Å². The summed E-state index contributed by atoms with van der Waals surface area (Å²) in [6, 6.07) is 0. The van der Waals surface area contributed by atoms with Gasteiger partial charge < -0.3 is 4.74 Å². The smallest absolute Gasteiger partial charge is 0.309 e. The molecule has 0 bridgehead atoms. The standard InChI is InChI=1S/C12H22O2/c1-4-7-9-10(8-5-2)11(9)12(13)14-6-3/h9-11H,4-8H2,1-3H3. The van der Waals surface area contributed by atoms with Gasteiger partial charge in [0.05, 0.1) is 12.5 Å². The van der Waals surface area contributed by atoms with Crippen molar-refractivity contribution in [2.45, 2.75) is 46.5 Å². The maximum atomic E-state index is 11.6. The lowest BCUT2D eigenvalue weighted by Gasteiger charge is -1.99. The number of esters is 1. The molecule has 0 spiro atoms. The van der Waals surface area contributed by atoms with Crippen molar-refractivity contribution in [3.63, 3.8) is 0 Å². The van der Waals surface area contributed by atoms with Crippen LogP contribution in [0.4, 0.5) is 0 Å². The second kappa shape index (κ2) is 5.38. The summed E-state index contributed by atoms with van der Waals surface area (Å²) in [6.45, 7) is 6.77. The molecule has 0 aliphatic heterocycles. The summed E-state index contributed by atoms with van der Waals surface area (Å²) in [5, 5.41) is 0. The number of carbonyl (C=O) groups excluding carboxylic acids is 1. The van der Waals surface area contributed by atoms with Gasteiger partial charge in [0, 0.05) is 0 Å². The fourth-order valence-electron chi connectivity index (χ4n) is 2.49. The van der Waals surface area contributed by atoms with E-state index in [9.17, 15) is 4.79 Å². The third kappa shape index (κ3) is 2.49. The molecule has 0 amide bonds. The van der Waals surface area contributed by atoms with Gasteiger partial charge in [0.1, 0.15) is 0 Å². The number of carbonyl (C=O) groups is 1. The Morgan fingerprint density at radius 3 is 1.93 bits per heavy atom. The molecular formula is C12H22O2. The minimum atomic E-state index is 0.0457. The van der Waals surface area contributed by atoms with Crippen LogP contribution >= 0.6 is 0 Å². The van der Waals surface area contributed by atoms with Gasteiger partial charge in [-0.05, 0) is 31.6 Å². The zero-order valence-corrected chi connectivity index (χ0v) is 9.58. The topological polar surface area (TPSA) is 26.3 Å². The SMILES string of the molecule is CCCC1C(CCC)C1C(=O)OCC. The predicted molar refractivity (Wildman–Crippen MR) is 56.9 cm³/mol. The van der Waals surface area contributed by atoms with Crippen LogP contribution < -0.4 is 0 Å². The monoisotopic (exact) mass is 198 g/mol. The quantitative estimate of drug-likeness (QED) is 0.613. The van der Waals surface area contributed by atoms with E-state index in [1.165, 1.54) is 25.7 Å². The van der Waals surface area contributed by atoms with Crippen molar-refractivity contribution in [1.29, 1.82) is 0 Å². The molecular weight excluding hydrogens is 176 g/mol. The van der Waals surface area contributed by atoms with Gasteiger partial charge in [-0.1, -0.05) is 26.7 Å². The van der Waals surface area contributed by atoms with E-state index in [0.29, 0.717) is 18.4 Å². The first kappa shape index (κ1) is 11.5. The van der Waals surface area contributed by atoms with Crippen LogP contribution in [0.25, 0.3) is 0 Å². The third-order valence-corrected chi connectivity index (χ3v) is 3.13. The Kier molecular flexibility index (Phi) is 4.43. The van der Waals surface area contributed by atoms with Crippen molar-refractivity contribution in [1.82, 2.24) is 0 Å². The Morgan fingerprint density at radius 1 is 1.07 bits per heavy atom. The molecule has 0 aromatic heterocycles. The lowest BCUT2D eigenvalue weighted by Crippen LogP contribution is -2.08. The molecule has 0 aromatic carbocycles. The normalized spacial score (nSPS) is 30.1. The second-order valence-corrected chi connectivity index (χ2v) is 4.18. The van der Waals surface area contributed by atoms with E-state index in [1.54, 1.807) is 0 Å². The van der Waals surface area contributed by atoms with Crippen molar-refractivity contribution in [3.05, 3.63) is 0 Å². The largest absolute Gasteiger partial charge is 0.466 e. The minimum absolute atomic E-state index is 0.0457. The van der Waals surface area contributed by atoms with E-state index in [1.807, 2.05) is 6.92 Å². The molecule has 1 saturated carbocycles. The van der Waals surface area contributed by atoms with E-state index in [-0.39, 0.29) is 11.9 Å². The van der Waals surface area contributed by atoms with Gasteiger partial charge in [0.15, 0.2) is 0 Å². The van der Waals surface area contributed by atoms with Crippen LogP contribution in [-0.2, 0) is 9.53 Å². The van der Waals surface area contributed by atoms with Crippen molar-refractivity contribution in [2.75, 3.05) is 6.61 Å². The average molecular weight is 198 g/mol. The summed E-state index contributed by atoms with van der Waals surface area (Å²) in [7, 11) is 0. The van der Waals surface area contributed by atoms with E-state index < -0.39 is 0 Å². The molecule has 2 unspecified atom stereocenters. The zero-order chi connectivity index (χ0) is 10.6. The lowest BCUT2D eigenvalue weighted by atomic mass is 10.1. The first-order valence-electron chi connectivity index (χ1n) is 5.92. The minimum Gasteiger partial charge on any atom is -0.466 e. The molecule has 0 saturated heterocycles. The summed E-state index contributed by atoms with van der Waals surface area (Å²) in [4.78, 5) is 11.6. The van der Waals surface area contributed by atoms with Gasteiger partial charge in [-0.3, -0.25) is 4.79 Å². The molecule has 2 heteroatoms. The Labute approximate surface area is 87.0 Å². The summed E-state index contributed by atoms with van der Waals surface area (Å²) >= 11 is 0. The predicted octanol–water partition coefficient (Wildman–Crippen LogP) is 3.01. The maximum Gasteiger partial charge on any atom is 0.309 e. The molecule has 82 valence electrons. The third-order valence-electron chi connectivity index (χ3n) is 3.13. The van der Waals surface area contributed by atoms with Gasteiger partial charge in [-0.2, -0.15) is 0 Å². The van der Waals surface area contributed by atoms with Crippen LogP contribution in [0.15, 0.2) is 0 Å². The Bertz CT molecular complexity index is 177. The van der Waals surface area contributed by atoms with Crippen LogP contribution in [0, 0.1) is 17.8 Å². The maximum absolute atomic E-state index is 11.6. The molecule has 1 fully saturated rings. The van der Waals surface area contributed by atoms with Crippen molar-refractivity contribution >= 4 is 5.97 Å². The lowest BCUT2D eigenvalue weighted by molar-refractivity contribution is -0.145. The van der Waals surface area contributed by atoms with Gasteiger partial charge in [-0.25, -0.2) is 0 Å². The zero-order valence-electron chi connectivity index (χ0n) is 9.58. The van der Waals surface area contributed by atoms with Crippen molar-refractivity contribution < 1.29 is 9.53 Å².